The first-order valence-electron chi connectivity index (χ1n) is 9.25. The third-order valence-corrected chi connectivity index (χ3v) is 5.20. The van der Waals surface area contributed by atoms with E-state index in [0.29, 0.717) is 18.4 Å². The molecule has 5 nitrogen and oxygen atoms in total. The summed E-state index contributed by atoms with van der Waals surface area (Å²) in [6, 6.07) is 18.1. The molecule has 1 fully saturated rings. The number of likely N-dealkylation sites (tertiary alicyclic amines) is 1. The lowest BCUT2D eigenvalue weighted by Gasteiger charge is -2.33. The molecule has 4 rings (SSSR count). The van der Waals surface area contributed by atoms with Crippen LogP contribution in [0.25, 0.3) is 10.9 Å². The largest absolute Gasteiger partial charge is 0.493 e. The van der Waals surface area contributed by atoms with E-state index in [4.69, 9.17) is 0 Å². The molecule has 1 atom stereocenters. The van der Waals surface area contributed by atoms with Gasteiger partial charge in [-0.25, -0.2) is 0 Å². The van der Waals surface area contributed by atoms with Crippen molar-refractivity contribution in [1.82, 2.24) is 9.47 Å². The summed E-state index contributed by atoms with van der Waals surface area (Å²) >= 11 is 0. The highest BCUT2D eigenvalue weighted by molar-refractivity contribution is 5.95. The van der Waals surface area contributed by atoms with Crippen molar-refractivity contribution in [2.75, 3.05) is 6.54 Å². The van der Waals surface area contributed by atoms with E-state index in [2.05, 4.69) is 22.1 Å². The first-order valence-corrected chi connectivity index (χ1v) is 9.25. The van der Waals surface area contributed by atoms with Crippen LogP contribution in [0.3, 0.4) is 0 Å². The molecule has 0 amide bonds. The minimum absolute atomic E-state index is 0.184. The Morgan fingerprint density at radius 2 is 1.77 bits per heavy atom. The number of aromatic hydroxyl groups is 1. The van der Waals surface area contributed by atoms with Gasteiger partial charge >= 0.3 is 0 Å². The molecule has 1 N–H and O–H groups in total. The molecule has 2 aromatic carbocycles. The van der Waals surface area contributed by atoms with Crippen molar-refractivity contribution in [1.29, 1.82) is 0 Å². The first-order chi connectivity index (χ1) is 12.7. The van der Waals surface area contributed by atoms with Gasteiger partial charge in [0.05, 0.1) is 17.9 Å². The number of benzene rings is 2. The van der Waals surface area contributed by atoms with Gasteiger partial charge in [-0.3, -0.25) is 9.47 Å². The second-order valence-corrected chi connectivity index (χ2v) is 6.95. The van der Waals surface area contributed by atoms with Crippen LogP contribution >= 0.6 is 0 Å². The summed E-state index contributed by atoms with van der Waals surface area (Å²) < 4.78 is 1.95. The lowest BCUT2D eigenvalue weighted by atomic mass is 10.0. The number of hydrogen-bond acceptors (Lipinski definition) is 4. The molecule has 1 aliphatic rings. The molecule has 1 aromatic heterocycles. The van der Waals surface area contributed by atoms with Crippen molar-refractivity contribution in [3.8, 4) is 5.88 Å². The molecule has 0 radical (unpaired) electrons. The predicted molar refractivity (Wildman–Crippen MR) is 104 cm³/mol. The maximum absolute atomic E-state index is 10.9. The standard InChI is InChI=1S/C21H24N4O/c1-16-9-7-8-14-24(16)15-25-19-13-6-5-12-18(19)20(21(25)26)23-22-17-10-3-2-4-11-17/h2-6,10-13,16,26H,7-9,14-15H2,1H3. The Kier molecular flexibility index (Phi) is 4.71. The van der Waals surface area contributed by atoms with Crippen LogP contribution in [0.4, 0.5) is 11.4 Å². The highest BCUT2D eigenvalue weighted by Gasteiger charge is 2.22. The number of fused-ring (bicyclic) bond motifs is 1. The number of para-hydroxylation sites is 1. The summed E-state index contributed by atoms with van der Waals surface area (Å²) in [5.74, 6) is 0.184. The molecule has 134 valence electrons. The van der Waals surface area contributed by atoms with Gasteiger partial charge in [-0.1, -0.05) is 42.8 Å². The Bertz CT molecular complexity index is 916. The van der Waals surface area contributed by atoms with Gasteiger partial charge in [-0.05, 0) is 38.0 Å². The van der Waals surface area contributed by atoms with Gasteiger partial charge in [-0.2, -0.15) is 5.11 Å². The van der Waals surface area contributed by atoms with Gasteiger partial charge in [0.1, 0.15) is 0 Å². The maximum atomic E-state index is 10.9. The molecule has 1 aliphatic heterocycles. The first kappa shape index (κ1) is 16.8. The van der Waals surface area contributed by atoms with Gasteiger partial charge in [0.25, 0.3) is 0 Å². The van der Waals surface area contributed by atoms with Crippen LogP contribution in [0.15, 0.2) is 64.8 Å². The van der Waals surface area contributed by atoms with Crippen LogP contribution in [0.5, 0.6) is 5.88 Å². The fraction of sp³-hybridized carbons (Fsp3) is 0.333. The molecule has 26 heavy (non-hydrogen) atoms. The molecule has 0 aliphatic carbocycles. The zero-order valence-corrected chi connectivity index (χ0v) is 15.0. The Morgan fingerprint density at radius 1 is 1.00 bits per heavy atom. The number of rotatable bonds is 4. The minimum atomic E-state index is 0.184. The average molecular weight is 348 g/mol. The van der Waals surface area contributed by atoms with Crippen molar-refractivity contribution in [3.05, 3.63) is 54.6 Å². The van der Waals surface area contributed by atoms with E-state index in [9.17, 15) is 5.11 Å². The summed E-state index contributed by atoms with van der Waals surface area (Å²) in [5, 5.41) is 20.5. The van der Waals surface area contributed by atoms with Crippen molar-refractivity contribution in [2.24, 2.45) is 10.2 Å². The van der Waals surface area contributed by atoms with Crippen LogP contribution in [-0.2, 0) is 6.67 Å². The lowest BCUT2D eigenvalue weighted by molar-refractivity contribution is 0.120. The van der Waals surface area contributed by atoms with E-state index in [1.807, 2.05) is 59.2 Å². The number of hydrogen-bond donors (Lipinski definition) is 1. The van der Waals surface area contributed by atoms with Crippen LogP contribution in [0, 0.1) is 0 Å². The normalized spacial score (nSPS) is 18.7. The van der Waals surface area contributed by atoms with Crippen molar-refractivity contribution in [2.45, 2.75) is 38.9 Å². The van der Waals surface area contributed by atoms with Gasteiger partial charge in [0.15, 0.2) is 5.69 Å². The monoisotopic (exact) mass is 348 g/mol. The molecule has 1 saturated heterocycles. The van der Waals surface area contributed by atoms with E-state index in [0.717, 1.165) is 23.1 Å². The lowest BCUT2D eigenvalue weighted by Crippen LogP contribution is -2.38. The molecule has 1 unspecified atom stereocenters. The highest BCUT2D eigenvalue weighted by Crippen LogP contribution is 2.40. The molecule has 0 saturated carbocycles. The Balaban J connectivity index is 1.72. The highest BCUT2D eigenvalue weighted by atomic mass is 16.3. The number of aromatic nitrogens is 1. The number of piperidine rings is 1. The third kappa shape index (κ3) is 3.22. The van der Waals surface area contributed by atoms with Crippen molar-refractivity contribution < 1.29 is 5.11 Å². The maximum Gasteiger partial charge on any atom is 0.221 e. The minimum Gasteiger partial charge on any atom is -0.493 e. The Labute approximate surface area is 153 Å². The molecule has 5 heteroatoms. The molecule has 3 aromatic rings. The molecular weight excluding hydrogens is 324 g/mol. The number of nitrogens with zero attached hydrogens (tertiary/aromatic N) is 4. The summed E-state index contributed by atoms with van der Waals surface area (Å²) in [7, 11) is 0. The average Bonchev–Trinajstić information content (AvgIpc) is 2.94. The van der Waals surface area contributed by atoms with E-state index >= 15 is 0 Å². The van der Waals surface area contributed by atoms with Gasteiger partial charge in [0.2, 0.25) is 5.88 Å². The van der Waals surface area contributed by atoms with Crippen LogP contribution in [-0.4, -0.2) is 27.2 Å². The van der Waals surface area contributed by atoms with Gasteiger partial charge in [0, 0.05) is 18.0 Å². The van der Waals surface area contributed by atoms with Gasteiger partial charge in [-0.15, -0.1) is 5.11 Å². The predicted octanol–water partition coefficient (Wildman–Crippen LogP) is 5.59. The molecule has 2 heterocycles. The smallest absolute Gasteiger partial charge is 0.221 e. The van der Waals surface area contributed by atoms with Crippen LogP contribution in [0.1, 0.15) is 26.2 Å². The number of azo groups is 1. The van der Waals surface area contributed by atoms with Crippen LogP contribution in [0.2, 0.25) is 0 Å². The second-order valence-electron chi connectivity index (χ2n) is 6.95. The van der Waals surface area contributed by atoms with Crippen molar-refractivity contribution in [3.63, 3.8) is 0 Å². The van der Waals surface area contributed by atoms with Crippen LogP contribution < -0.4 is 0 Å². The third-order valence-electron chi connectivity index (χ3n) is 5.20. The Morgan fingerprint density at radius 3 is 2.58 bits per heavy atom. The summed E-state index contributed by atoms with van der Waals surface area (Å²) in [4.78, 5) is 2.42. The fourth-order valence-corrected chi connectivity index (χ4v) is 3.67. The summed E-state index contributed by atoms with van der Waals surface area (Å²) in [5.41, 5.74) is 2.30. The molecule has 0 spiro atoms. The van der Waals surface area contributed by atoms with E-state index in [1.54, 1.807) is 0 Å². The zero-order valence-electron chi connectivity index (χ0n) is 15.0. The van der Waals surface area contributed by atoms with E-state index < -0.39 is 0 Å². The fourth-order valence-electron chi connectivity index (χ4n) is 3.67. The molecular formula is C21H24N4O. The topological polar surface area (TPSA) is 53.1 Å². The van der Waals surface area contributed by atoms with E-state index in [1.165, 1.54) is 19.3 Å². The Hall–Kier alpha value is -2.66. The second kappa shape index (κ2) is 7.30. The SMILES string of the molecule is CC1CCCCN1Cn1c(O)c(N=Nc2ccccc2)c2ccccc21. The quantitative estimate of drug-likeness (QED) is 0.624. The summed E-state index contributed by atoms with van der Waals surface area (Å²) in [6.45, 7) is 4.00. The summed E-state index contributed by atoms with van der Waals surface area (Å²) in [6.07, 6.45) is 3.71. The molecule has 0 bridgehead atoms. The zero-order chi connectivity index (χ0) is 17.9. The van der Waals surface area contributed by atoms with E-state index in [-0.39, 0.29) is 5.88 Å². The van der Waals surface area contributed by atoms with Crippen molar-refractivity contribution >= 4 is 22.3 Å². The van der Waals surface area contributed by atoms with Gasteiger partial charge < -0.3 is 5.11 Å².